The van der Waals surface area contributed by atoms with Gasteiger partial charge in [0.05, 0.1) is 4.47 Å². The Morgan fingerprint density at radius 1 is 1.35 bits per heavy atom. The predicted octanol–water partition coefficient (Wildman–Crippen LogP) is 4.67. The van der Waals surface area contributed by atoms with Crippen LogP contribution in [-0.2, 0) is 11.4 Å². The molecule has 0 bridgehead atoms. The molecule has 0 atom stereocenters. The summed E-state index contributed by atoms with van der Waals surface area (Å²) in [6, 6.07) is 14.1. The van der Waals surface area contributed by atoms with Crippen LogP contribution in [0.4, 0.5) is 0 Å². The Labute approximate surface area is 146 Å². The van der Waals surface area contributed by atoms with Gasteiger partial charge in [-0.05, 0) is 45.8 Å². The van der Waals surface area contributed by atoms with Crippen molar-refractivity contribution in [3.8, 4) is 11.8 Å². The van der Waals surface area contributed by atoms with Gasteiger partial charge in [-0.25, -0.2) is 4.79 Å². The summed E-state index contributed by atoms with van der Waals surface area (Å²) >= 11 is 9.44. The third kappa shape index (κ3) is 4.59. The van der Waals surface area contributed by atoms with Crippen molar-refractivity contribution in [2.45, 2.75) is 6.61 Å². The highest BCUT2D eigenvalue weighted by Gasteiger charge is 2.08. The van der Waals surface area contributed by atoms with Gasteiger partial charge in [0.15, 0.2) is 0 Å². The van der Waals surface area contributed by atoms with Crippen LogP contribution in [0.15, 0.2) is 52.5 Å². The zero-order valence-corrected chi connectivity index (χ0v) is 14.1. The first-order chi connectivity index (χ1) is 11.0. The molecule has 0 aliphatic rings. The molecule has 2 aromatic carbocycles. The standard InChI is InChI=1S/C17H11BrClNO3/c18-14-8-11(7-13(9-20)17(21)22)5-6-16(14)23-10-12-3-1-2-4-15(12)19/h1-8H,10H2,(H,21,22). The van der Waals surface area contributed by atoms with Gasteiger partial charge < -0.3 is 9.84 Å². The third-order valence-electron chi connectivity index (χ3n) is 2.96. The fraction of sp³-hybridized carbons (Fsp3) is 0.0588. The van der Waals surface area contributed by atoms with Gasteiger partial charge in [0.2, 0.25) is 0 Å². The number of halogens is 2. The molecule has 116 valence electrons. The van der Waals surface area contributed by atoms with Crippen molar-refractivity contribution in [1.29, 1.82) is 5.26 Å². The Hall–Kier alpha value is -2.29. The molecule has 0 saturated heterocycles. The van der Waals surface area contributed by atoms with Crippen LogP contribution in [0.5, 0.6) is 5.75 Å². The average molecular weight is 393 g/mol. The van der Waals surface area contributed by atoms with Crippen LogP contribution in [-0.4, -0.2) is 11.1 Å². The second-order valence-corrected chi connectivity index (χ2v) is 5.81. The van der Waals surface area contributed by atoms with E-state index in [-0.39, 0.29) is 5.57 Å². The lowest BCUT2D eigenvalue weighted by atomic mass is 10.1. The summed E-state index contributed by atoms with van der Waals surface area (Å²) in [5, 5.41) is 18.3. The van der Waals surface area contributed by atoms with Crippen LogP contribution < -0.4 is 4.74 Å². The molecule has 0 aliphatic carbocycles. The van der Waals surface area contributed by atoms with Gasteiger partial charge in [-0.3, -0.25) is 0 Å². The molecule has 2 rings (SSSR count). The number of ether oxygens (including phenoxy) is 1. The largest absolute Gasteiger partial charge is 0.488 e. The topological polar surface area (TPSA) is 70.3 Å². The molecule has 0 radical (unpaired) electrons. The number of aliphatic carboxylic acids is 1. The molecule has 0 aromatic heterocycles. The quantitative estimate of drug-likeness (QED) is 0.593. The molecule has 0 fully saturated rings. The van der Waals surface area contributed by atoms with Crippen molar-refractivity contribution < 1.29 is 14.6 Å². The van der Waals surface area contributed by atoms with E-state index < -0.39 is 5.97 Å². The van der Waals surface area contributed by atoms with E-state index in [2.05, 4.69) is 15.9 Å². The molecule has 6 heteroatoms. The van der Waals surface area contributed by atoms with E-state index in [0.29, 0.717) is 27.4 Å². The maximum Gasteiger partial charge on any atom is 0.346 e. The Balaban J connectivity index is 2.16. The van der Waals surface area contributed by atoms with Gasteiger partial charge in [0.25, 0.3) is 0 Å². The normalized spacial score (nSPS) is 10.9. The van der Waals surface area contributed by atoms with Crippen molar-refractivity contribution in [1.82, 2.24) is 0 Å². The zero-order chi connectivity index (χ0) is 16.8. The SMILES string of the molecule is N#CC(=Cc1ccc(OCc2ccccc2Cl)c(Br)c1)C(=O)O. The molecule has 0 saturated carbocycles. The van der Waals surface area contributed by atoms with Crippen LogP contribution in [0.2, 0.25) is 5.02 Å². The minimum atomic E-state index is -1.26. The van der Waals surface area contributed by atoms with E-state index in [0.717, 1.165) is 5.56 Å². The zero-order valence-electron chi connectivity index (χ0n) is 11.8. The van der Waals surface area contributed by atoms with Gasteiger partial charge >= 0.3 is 5.97 Å². The second-order valence-electron chi connectivity index (χ2n) is 4.54. The first-order valence-electron chi connectivity index (χ1n) is 6.52. The molecule has 0 amide bonds. The number of hydrogen-bond donors (Lipinski definition) is 1. The number of carboxylic acids is 1. The van der Waals surface area contributed by atoms with Gasteiger partial charge in [0, 0.05) is 10.6 Å². The first-order valence-corrected chi connectivity index (χ1v) is 7.69. The van der Waals surface area contributed by atoms with E-state index in [4.69, 9.17) is 26.7 Å². The first kappa shape index (κ1) is 17.1. The molecule has 0 aliphatic heterocycles. The molecule has 4 nitrogen and oxygen atoms in total. The average Bonchev–Trinajstić information content (AvgIpc) is 2.53. The minimum absolute atomic E-state index is 0.312. The molecule has 1 N–H and O–H groups in total. The van der Waals surface area contributed by atoms with E-state index in [1.54, 1.807) is 30.3 Å². The number of hydrogen-bond acceptors (Lipinski definition) is 3. The van der Waals surface area contributed by atoms with Crippen LogP contribution >= 0.6 is 27.5 Å². The fourth-order valence-electron chi connectivity index (χ4n) is 1.80. The fourth-order valence-corrected chi connectivity index (χ4v) is 2.50. The maximum atomic E-state index is 10.8. The lowest BCUT2D eigenvalue weighted by Crippen LogP contribution is -1.98. The van der Waals surface area contributed by atoms with Crippen LogP contribution in [0.25, 0.3) is 6.08 Å². The number of nitrogens with zero attached hydrogens (tertiary/aromatic N) is 1. The number of benzene rings is 2. The Kier molecular flexibility index (Phi) is 5.80. The maximum absolute atomic E-state index is 10.8. The summed E-state index contributed by atoms with van der Waals surface area (Å²) in [7, 11) is 0. The van der Waals surface area contributed by atoms with Crippen molar-refractivity contribution in [3.05, 3.63) is 68.7 Å². The lowest BCUT2D eigenvalue weighted by molar-refractivity contribution is -0.132. The highest BCUT2D eigenvalue weighted by molar-refractivity contribution is 9.10. The molecule has 23 heavy (non-hydrogen) atoms. The summed E-state index contributed by atoms with van der Waals surface area (Å²) in [5.74, 6) is -0.668. The predicted molar refractivity (Wildman–Crippen MR) is 91.2 cm³/mol. The van der Waals surface area contributed by atoms with Crippen molar-refractivity contribution >= 4 is 39.6 Å². The van der Waals surface area contributed by atoms with E-state index in [9.17, 15) is 4.79 Å². The number of nitriles is 1. The summed E-state index contributed by atoms with van der Waals surface area (Å²) in [5.41, 5.74) is 1.12. The number of carbonyl (C=O) groups is 1. The Morgan fingerprint density at radius 2 is 2.09 bits per heavy atom. The minimum Gasteiger partial charge on any atom is -0.488 e. The second kappa shape index (κ2) is 7.82. The van der Waals surface area contributed by atoms with Gasteiger partial charge in [-0.2, -0.15) is 5.26 Å². The van der Waals surface area contributed by atoms with Crippen LogP contribution in [0, 0.1) is 11.3 Å². The number of rotatable bonds is 5. The van der Waals surface area contributed by atoms with Crippen molar-refractivity contribution in [2.24, 2.45) is 0 Å². The molecule has 2 aromatic rings. The van der Waals surface area contributed by atoms with Crippen LogP contribution in [0.1, 0.15) is 11.1 Å². The van der Waals surface area contributed by atoms with E-state index >= 15 is 0 Å². The highest BCUT2D eigenvalue weighted by Crippen LogP contribution is 2.28. The molecular weight excluding hydrogens is 382 g/mol. The van der Waals surface area contributed by atoms with Crippen molar-refractivity contribution in [3.63, 3.8) is 0 Å². The van der Waals surface area contributed by atoms with Gasteiger partial charge in [-0.15, -0.1) is 0 Å². The summed E-state index contributed by atoms with van der Waals surface area (Å²) in [6.07, 6.45) is 1.30. The van der Waals surface area contributed by atoms with Gasteiger partial charge in [0.1, 0.15) is 24.0 Å². The monoisotopic (exact) mass is 391 g/mol. The molecule has 0 heterocycles. The summed E-state index contributed by atoms with van der Waals surface area (Å²) in [6.45, 7) is 0.312. The third-order valence-corrected chi connectivity index (χ3v) is 3.95. The van der Waals surface area contributed by atoms with E-state index in [1.165, 1.54) is 6.08 Å². The highest BCUT2D eigenvalue weighted by atomic mass is 79.9. The molecule has 0 spiro atoms. The number of carboxylic acid groups (broad SMARTS) is 1. The molecule has 0 unspecified atom stereocenters. The van der Waals surface area contributed by atoms with Crippen molar-refractivity contribution in [2.75, 3.05) is 0 Å². The molecular formula is C17H11BrClNO3. The Bertz CT molecular complexity index is 812. The lowest BCUT2D eigenvalue weighted by Gasteiger charge is -2.10. The summed E-state index contributed by atoms with van der Waals surface area (Å²) in [4.78, 5) is 10.8. The summed E-state index contributed by atoms with van der Waals surface area (Å²) < 4.78 is 6.36. The smallest absolute Gasteiger partial charge is 0.346 e. The van der Waals surface area contributed by atoms with Gasteiger partial charge in [-0.1, -0.05) is 35.9 Å². The van der Waals surface area contributed by atoms with E-state index in [1.807, 2.05) is 18.2 Å². The van der Waals surface area contributed by atoms with Crippen LogP contribution in [0.3, 0.4) is 0 Å². The Morgan fingerprint density at radius 3 is 2.70 bits per heavy atom.